The van der Waals surface area contributed by atoms with E-state index in [9.17, 15) is 0 Å². The Morgan fingerprint density at radius 3 is 2.60 bits per heavy atom. The van der Waals surface area contributed by atoms with E-state index < -0.39 is 0 Å². The van der Waals surface area contributed by atoms with Crippen molar-refractivity contribution in [2.75, 3.05) is 18.0 Å². The van der Waals surface area contributed by atoms with Crippen LogP contribution in [0.3, 0.4) is 0 Å². The van der Waals surface area contributed by atoms with Crippen LogP contribution in [-0.2, 0) is 0 Å². The molecule has 2 rings (SSSR count). The predicted molar refractivity (Wildman–Crippen MR) is 89.1 cm³/mol. The van der Waals surface area contributed by atoms with Crippen LogP contribution in [0.15, 0.2) is 18.3 Å². The molecule has 1 fully saturated rings. The zero-order chi connectivity index (χ0) is 14.8. The van der Waals surface area contributed by atoms with Crippen molar-refractivity contribution in [1.82, 2.24) is 4.98 Å². The van der Waals surface area contributed by atoms with Gasteiger partial charge in [0, 0.05) is 13.1 Å². The van der Waals surface area contributed by atoms with Crippen molar-refractivity contribution < 1.29 is 0 Å². The molecule has 0 saturated carbocycles. The van der Waals surface area contributed by atoms with Crippen LogP contribution in [0.2, 0.25) is 0 Å². The van der Waals surface area contributed by atoms with Gasteiger partial charge < -0.3 is 10.6 Å². The molecule has 0 aliphatic carbocycles. The van der Waals surface area contributed by atoms with Gasteiger partial charge in [0.25, 0.3) is 0 Å². The molecule has 0 spiro atoms. The fraction of sp³-hybridized carbons (Fsp3) is 0.625. The van der Waals surface area contributed by atoms with E-state index in [4.69, 9.17) is 18.0 Å². The van der Waals surface area contributed by atoms with Gasteiger partial charge in [0.1, 0.15) is 4.99 Å². The third-order valence-corrected chi connectivity index (χ3v) is 4.53. The summed E-state index contributed by atoms with van der Waals surface area (Å²) in [6.45, 7) is 9.28. The molecular weight excluding hydrogens is 266 g/mol. The number of hydrogen-bond acceptors (Lipinski definition) is 3. The molecule has 2 N–H and O–H groups in total. The molecule has 1 atom stereocenters. The van der Waals surface area contributed by atoms with E-state index in [1.165, 1.54) is 24.9 Å². The van der Waals surface area contributed by atoms with Crippen LogP contribution in [-0.4, -0.2) is 23.1 Å². The van der Waals surface area contributed by atoms with Gasteiger partial charge in [0.05, 0.1) is 17.6 Å². The van der Waals surface area contributed by atoms with Gasteiger partial charge in [-0.15, -0.1) is 0 Å². The third-order valence-electron chi connectivity index (χ3n) is 4.32. The first-order valence-electron chi connectivity index (χ1n) is 7.39. The minimum Gasteiger partial charge on any atom is -0.388 e. The number of hydrogen-bond donors (Lipinski definition) is 1. The number of rotatable bonds is 2. The van der Waals surface area contributed by atoms with Crippen molar-refractivity contribution in [3.8, 4) is 0 Å². The SMILES string of the molecule is CC(C)(C)C1CCCN(c2ccc(C(N)=S)nc2)CC1. The lowest BCUT2D eigenvalue weighted by atomic mass is 9.77. The average molecular weight is 291 g/mol. The van der Waals surface area contributed by atoms with E-state index in [1.807, 2.05) is 12.3 Å². The molecule has 4 heteroatoms. The van der Waals surface area contributed by atoms with E-state index in [2.05, 4.69) is 36.7 Å². The molecule has 2 heterocycles. The molecule has 0 bridgehead atoms. The van der Waals surface area contributed by atoms with Gasteiger partial charge in [0.15, 0.2) is 0 Å². The molecule has 110 valence electrons. The number of nitrogens with zero attached hydrogens (tertiary/aromatic N) is 2. The maximum Gasteiger partial charge on any atom is 0.122 e. The molecule has 1 aliphatic rings. The van der Waals surface area contributed by atoms with Gasteiger partial charge in [-0.05, 0) is 42.7 Å². The number of anilines is 1. The van der Waals surface area contributed by atoms with Crippen molar-refractivity contribution in [2.24, 2.45) is 17.1 Å². The normalized spacial score (nSPS) is 20.6. The summed E-state index contributed by atoms with van der Waals surface area (Å²) < 4.78 is 0. The van der Waals surface area contributed by atoms with Gasteiger partial charge in [-0.2, -0.15) is 0 Å². The van der Waals surface area contributed by atoms with Gasteiger partial charge in [-0.25, -0.2) is 0 Å². The van der Waals surface area contributed by atoms with Crippen LogP contribution in [0.25, 0.3) is 0 Å². The van der Waals surface area contributed by atoms with Crippen LogP contribution >= 0.6 is 12.2 Å². The summed E-state index contributed by atoms with van der Waals surface area (Å²) in [7, 11) is 0. The second kappa shape index (κ2) is 6.08. The van der Waals surface area contributed by atoms with Crippen LogP contribution in [0.4, 0.5) is 5.69 Å². The largest absolute Gasteiger partial charge is 0.388 e. The van der Waals surface area contributed by atoms with Gasteiger partial charge >= 0.3 is 0 Å². The lowest BCUT2D eigenvalue weighted by Crippen LogP contribution is -2.26. The van der Waals surface area contributed by atoms with E-state index in [0.717, 1.165) is 19.0 Å². The number of nitrogens with two attached hydrogens (primary N) is 1. The summed E-state index contributed by atoms with van der Waals surface area (Å²) in [4.78, 5) is 7.14. The maximum absolute atomic E-state index is 5.59. The Labute approximate surface area is 127 Å². The maximum atomic E-state index is 5.59. The van der Waals surface area contributed by atoms with Crippen LogP contribution in [0, 0.1) is 11.3 Å². The van der Waals surface area contributed by atoms with E-state index >= 15 is 0 Å². The number of thiocarbonyl (C=S) groups is 1. The Kier molecular flexibility index (Phi) is 4.63. The monoisotopic (exact) mass is 291 g/mol. The highest BCUT2D eigenvalue weighted by atomic mass is 32.1. The predicted octanol–water partition coefficient (Wildman–Crippen LogP) is 3.37. The Balaban J connectivity index is 2.05. The van der Waals surface area contributed by atoms with Gasteiger partial charge in [0.2, 0.25) is 0 Å². The van der Waals surface area contributed by atoms with Crippen molar-refractivity contribution >= 4 is 22.9 Å². The zero-order valence-electron chi connectivity index (χ0n) is 12.7. The van der Waals surface area contributed by atoms with Crippen LogP contribution < -0.4 is 10.6 Å². The lowest BCUT2D eigenvalue weighted by Gasteiger charge is -2.30. The Morgan fingerprint density at radius 2 is 2.05 bits per heavy atom. The molecule has 0 aromatic carbocycles. The first-order valence-corrected chi connectivity index (χ1v) is 7.79. The number of aromatic nitrogens is 1. The topological polar surface area (TPSA) is 42.1 Å². The molecule has 3 nitrogen and oxygen atoms in total. The van der Waals surface area contributed by atoms with Crippen molar-refractivity contribution in [1.29, 1.82) is 0 Å². The molecule has 20 heavy (non-hydrogen) atoms. The van der Waals surface area contributed by atoms with E-state index in [1.54, 1.807) is 0 Å². The third kappa shape index (κ3) is 3.69. The molecule has 0 amide bonds. The Bertz CT molecular complexity index is 462. The first-order chi connectivity index (χ1) is 9.38. The lowest BCUT2D eigenvalue weighted by molar-refractivity contribution is 0.220. The fourth-order valence-corrected chi connectivity index (χ4v) is 3.06. The Hall–Kier alpha value is -1.16. The molecule has 1 aromatic rings. The minimum absolute atomic E-state index is 0.361. The number of pyridine rings is 1. The second-order valence-corrected chi connectivity index (χ2v) is 7.19. The van der Waals surface area contributed by atoms with E-state index in [-0.39, 0.29) is 0 Å². The standard InChI is InChI=1S/C16H25N3S/c1-16(2,3)12-5-4-9-19(10-8-12)13-6-7-14(15(17)20)18-11-13/h6-7,11-12H,4-5,8-10H2,1-3H3,(H2,17,20). The zero-order valence-corrected chi connectivity index (χ0v) is 13.5. The molecule has 1 unspecified atom stereocenters. The van der Waals surface area contributed by atoms with Crippen LogP contribution in [0.5, 0.6) is 0 Å². The van der Waals surface area contributed by atoms with Crippen LogP contribution in [0.1, 0.15) is 45.7 Å². The molecule has 1 aliphatic heterocycles. The van der Waals surface area contributed by atoms with Crippen molar-refractivity contribution in [3.63, 3.8) is 0 Å². The molecule has 0 radical (unpaired) electrons. The smallest absolute Gasteiger partial charge is 0.122 e. The summed E-state index contributed by atoms with van der Waals surface area (Å²) in [5.74, 6) is 0.802. The van der Waals surface area contributed by atoms with Crippen molar-refractivity contribution in [2.45, 2.75) is 40.0 Å². The van der Waals surface area contributed by atoms with Crippen molar-refractivity contribution in [3.05, 3.63) is 24.0 Å². The second-order valence-electron chi connectivity index (χ2n) is 6.75. The molecular formula is C16H25N3S. The quantitative estimate of drug-likeness (QED) is 0.848. The Morgan fingerprint density at radius 1 is 1.30 bits per heavy atom. The summed E-state index contributed by atoms with van der Waals surface area (Å²) >= 11 is 4.94. The molecule has 1 saturated heterocycles. The summed E-state index contributed by atoms with van der Waals surface area (Å²) in [6, 6.07) is 4.00. The highest BCUT2D eigenvalue weighted by molar-refractivity contribution is 7.80. The van der Waals surface area contributed by atoms with Gasteiger partial charge in [-0.1, -0.05) is 33.0 Å². The first kappa shape index (κ1) is 15.2. The van der Waals surface area contributed by atoms with Gasteiger partial charge in [-0.3, -0.25) is 4.98 Å². The highest BCUT2D eigenvalue weighted by Gasteiger charge is 2.27. The average Bonchev–Trinajstić information content (AvgIpc) is 2.64. The van der Waals surface area contributed by atoms with E-state index in [0.29, 0.717) is 16.1 Å². The summed E-state index contributed by atoms with van der Waals surface area (Å²) in [5.41, 5.74) is 7.88. The molecule has 1 aromatic heterocycles. The summed E-state index contributed by atoms with van der Waals surface area (Å²) in [6.07, 6.45) is 5.71. The minimum atomic E-state index is 0.361. The summed E-state index contributed by atoms with van der Waals surface area (Å²) in [5, 5.41) is 0. The highest BCUT2D eigenvalue weighted by Crippen LogP contribution is 2.35. The fourth-order valence-electron chi connectivity index (χ4n) is 2.94.